The first kappa shape index (κ1) is 13.7. The molecule has 0 aliphatic carbocycles. The van der Waals surface area contributed by atoms with Gasteiger partial charge in [0.25, 0.3) is 10.0 Å². The van der Waals surface area contributed by atoms with Crippen molar-refractivity contribution in [3.05, 3.63) is 12.0 Å². The van der Waals surface area contributed by atoms with Crippen LogP contribution in [0.2, 0.25) is 0 Å². The number of aryl methyl sites for hydroxylation is 2. The van der Waals surface area contributed by atoms with E-state index in [1.54, 1.807) is 32.4 Å². The first-order valence-electron chi connectivity index (χ1n) is 5.19. The van der Waals surface area contributed by atoms with Gasteiger partial charge in [-0.15, -0.1) is 0 Å². The number of nitrogens with zero attached hydrogens (tertiary/aromatic N) is 4. The molecule has 0 saturated carbocycles. The Balaban J connectivity index is 3.22. The zero-order chi connectivity index (χ0) is 13.2. The van der Waals surface area contributed by atoms with Gasteiger partial charge in [0, 0.05) is 19.3 Å². The van der Waals surface area contributed by atoms with Crippen LogP contribution < -0.4 is 0 Å². The maximum Gasteiger partial charge on any atom is 0.263 e. The third kappa shape index (κ3) is 2.65. The molecule has 1 aromatic heterocycles. The van der Waals surface area contributed by atoms with Crippen molar-refractivity contribution in [1.82, 2.24) is 13.9 Å². The van der Waals surface area contributed by atoms with Crippen molar-refractivity contribution in [1.29, 1.82) is 5.26 Å². The predicted molar refractivity (Wildman–Crippen MR) is 62.6 cm³/mol. The van der Waals surface area contributed by atoms with Gasteiger partial charge in [0.2, 0.25) is 0 Å². The van der Waals surface area contributed by atoms with Gasteiger partial charge in [-0.05, 0) is 20.8 Å². The molecule has 0 N–H and O–H groups in total. The fourth-order valence-electron chi connectivity index (χ4n) is 1.39. The topological polar surface area (TPSA) is 79.0 Å². The van der Waals surface area contributed by atoms with Gasteiger partial charge in [-0.2, -0.15) is 9.57 Å². The quantitative estimate of drug-likeness (QED) is 0.741. The zero-order valence-electron chi connectivity index (χ0n) is 10.4. The highest BCUT2D eigenvalue weighted by molar-refractivity contribution is 7.89. The van der Waals surface area contributed by atoms with Gasteiger partial charge in [-0.1, -0.05) is 0 Å². The highest BCUT2D eigenvalue weighted by Gasteiger charge is 2.29. The number of rotatable bonds is 4. The number of hydrogen-bond acceptors (Lipinski definition) is 4. The van der Waals surface area contributed by atoms with Gasteiger partial charge in [-0.25, -0.2) is 13.4 Å². The average molecular weight is 256 g/mol. The summed E-state index contributed by atoms with van der Waals surface area (Å²) in [4.78, 5) is 3.99. The van der Waals surface area contributed by atoms with E-state index in [4.69, 9.17) is 5.26 Å². The normalized spacial score (nSPS) is 12.1. The molecule has 0 spiro atoms. The minimum absolute atomic E-state index is 0.0125. The molecule has 0 aliphatic heterocycles. The van der Waals surface area contributed by atoms with Crippen LogP contribution in [0.5, 0.6) is 0 Å². The van der Waals surface area contributed by atoms with Gasteiger partial charge in [0.05, 0.1) is 6.07 Å². The molecule has 0 radical (unpaired) electrons. The second kappa shape index (κ2) is 4.85. The standard InChI is InChI=1S/C10H16N4O2S/c1-8(2)14(6-5-11)17(15,16)10-7-13(4)9(3)12-10/h7-8H,6H2,1-4H3. The third-order valence-corrected chi connectivity index (χ3v) is 4.36. The molecule has 0 aliphatic rings. The molecule has 0 atom stereocenters. The summed E-state index contributed by atoms with van der Waals surface area (Å²) < 4.78 is 27.2. The first-order valence-corrected chi connectivity index (χ1v) is 6.63. The summed E-state index contributed by atoms with van der Waals surface area (Å²) in [6.45, 7) is 5.01. The van der Waals surface area contributed by atoms with Crippen LogP contribution in [0, 0.1) is 18.3 Å². The van der Waals surface area contributed by atoms with Crippen molar-refractivity contribution in [2.75, 3.05) is 6.54 Å². The Labute approximate surface area is 102 Å². The summed E-state index contributed by atoms with van der Waals surface area (Å²) in [7, 11) is -1.96. The molecule has 0 fully saturated rings. The van der Waals surface area contributed by atoms with E-state index < -0.39 is 10.0 Å². The lowest BCUT2D eigenvalue weighted by molar-refractivity contribution is 0.384. The number of imidazole rings is 1. The molecule has 0 bridgehead atoms. The fourth-order valence-corrected chi connectivity index (χ4v) is 2.95. The van der Waals surface area contributed by atoms with E-state index in [-0.39, 0.29) is 17.6 Å². The van der Waals surface area contributed by atoms with Crippen LogP contribution in [0.25, 0.3) is 0 Å². The van der Waals surface area contributed by atoms with Crippen LogP contribution in [0.4, 0.5) is 0 Å². The van der Waals surface area contributed by atoms with E-state index in [2.05, 4.69) is 4.98 Å². The monoisotopic (exact) mass is 256 g/mol. The van der Waals surface area contributed by atoms with Crippen molar-refractivity contribution in [2.24, 2.45) is 7.05 Å². The predicted octanol–water partition coefficient (Wildman–Crippen LogP) is 0.651. The SMILES string of the molecule is Cc1nc(S(=O)(=O)N(CC#N)C(C)C)cn1C. The second-order valence-corrected chi connectivity index (χ2v) is 5.88. The molecule has 7 heteroatoms. The Morgan fingerprint density at radius 1 is 1.59 bits per heavy atom. The molecule has 0 unspecified atom stereocenters. The van der Waals surface area contributed by atoms with Crippen LogP contribution in [-0.4, -0.2) is 34.9 Å². The molecular weight excluding hydrogens is 240 g/mol. The fraction of sp³-hybridized carbons (Fsp3) is 0.600. The van der Waals surface area contributed by atoms with E-state index >= 15 is 0 Å². The van der Waals surface area contributed by atoms with E-state index in [9.17, 15) is 8.42 Å². The lowest BCUT2D eigenvalue weighted by atomic mass is 10.4. The van der Waals surface area contributed by atoms with Crippen molar-refractivity contribution < 1.29 is 8.42 Å². The first-order chi connectivity index (χ1) is 7.80. The Morgan fingerprint density at radius 3 is 2.53 bits per heavy atom. The third-order valence-electron chi connectivity index (χ3n) is 2.46. The molecule has 0 aromatic carbocycles. The smallest absolute Gasteiger partial charge is 0.263 e. The number of nitriles is 1. The lowest BCUT2D eigenvalue weighted by Gasteiger charge is -2.21. The van der Waals surface area contributed by atoms with Crippen LogP contribution in [0.1, 0.15) is 19.7 Å². The molecule has 0 saturated heterocycles. The molecule has 6 nitrogen and oxygen atoms in total. The molecule has 0 amide bonds. The molecule has 1 heterocycles. The van der Waals surface area contributed by atoms with Gasteiger partial charge in [-0.3, -0.25) is 0 Å². The van der Waals surface area contributed by atoms with Crippen LogP contribution in [-0.2, 0) is 17.1 Å². The van der Waals surface area contributed by atoms with Crippen LogP contribution in [0.15, 0.2) is 11.2 Å². The summed E-state index contributed by atoms with van der Waals surface area (Å²) in [5.41, 5.74) is 0. The van der Waals surface area contributed by atoms with E-state index in [0.29, 0.717) is 5.82 Å². The minimum Gasteiger partial charge on any atom is -0.337 e. The summed E-state index contributed by atoms with van der Waals surface area (Å²) in [6, 6.07) is 1.58. The van der Waals surface area contributed by atoms with E-state index in [1.807, 2.05) is 6.07 Å². The summed E-state index contributed by atoms with van der Waals surface area (Å²) in [5, 5.41) is 8.66. The van der Waals surface area contributed by atoms with E-state index in [1.165, 1.54) is 6.20 Å². The Morgan fingerprint density at radius 2 is 2.18 bits per heavy atom. The zero-order valence-corrected chi connectivity index (χ0v) is 11.2. The van der Waals surface area contributed by atoms with Crippen molar-refractivity contribution in [2.45, 2.75) is 31.8 Å². The van der Waals surface area contributed by atoms with E-state index in [0.717, 1.165) is 4.31 Å². The maximum atomic E-state index is 12.2. The minimum atomic E-state index is -3.69. The van der Waals surface area contributed by atoms with Gasteiger partial charge < -0.3 is 4.57 Å². The summed E-state index contributed by atoms with van der Waals surface area (Å²) in [5.74, 6) is 0.615. The van der Waals surface area contributed by atoms with Crippen molar-refractivity contribution >= 4 is 10.0 Å². The van der Waals surface area contributed by atoms with Crippen molar-refractivity contribution in [3.63, 3.8) is 0 Å². The lowest BCUT2D eigenvalue weighted by Crippen LogP contribution is -2.37. The molecule has 1 rings (SSSR count). The Bertz CT molecular complexity index is 520. The average Bonchev–Trinajstić information content (AvgIpc) is 2.55. The van der Waals surface area contributed by atoms with Crippen molar-refractivity contribution in [3.8, 4) is 6.07 Å². The van der Waals surface area contributed by atoms with Gasteiger partial charge >= 0.3 is 0 Å². The van der Waals surface area contributed by atoms with Crippen LogP contribution in [0.3, 0.4) is 0 Å². The number of sulfonamides is 1. The molecule has 94 valence electrons. The number of hydrogen-bond donors (Lipinski definition) is 0. The highest BCUT2D eigenvalue weighted by Crippen LogP contribution is 2.16. The molecule has 17 heavy (non-hydrogen) atoms. The molecular formula is C10H16N4O2S. The van der Waals surface area contributed by atoms with Gasteiger partial charge in [0.1, 0.15) is 12.4 Å². The maximum absolute atomic E-state index is 12.2. The summed E-state index contributed by atoms with van der Waals surface area (Å²) in [6.07, 6.45) is 1.46. The Hall–Kier alpha value is -1.39. The number of aromatic nitrogens is 2. The second-order valence-electron chi connectivity index (χ2n) is 4.04. The summed E-state index contributed by atoms with van der Waals surface area (Å²) >= 11 is 0. The Kier molecular flexibility index (Phi) is 3.91. The van der Waals surface area contributed by atoms with Crippen LogP contribution >= 0.6 is 0 Å². The highest BCUT2D eigenvalue weighted by atomic mass is 32.2. The molecule has 1 aromatic rings. The van der Waals surface area contributed by atoms with Gasteiger partial charge in [0.15, 0.2) is 5.03 Å². The largest absolute Gasteiger partial charge is 0.337 e.